The summed E-state index contributed by atoms with van der Waals surface area (Å²) in [6, 6.07) is 10.1. The first kappa shape index (κ1) is 14.5. The zero-order chi connectivity index (χ0) is 13.4. The van der Waals surface area contributed by atoms with E-state index in [2.05, 4.69) is 25.1 Å². The lowest BCUT2D eigenvalue weighted by molar-refractivity contribution is -0.143. The summed E-state index contributed by atoms with van der Waals surface area (Å²) in [6.45, 7) is 5.65. The van der Waals surface area contributed by atoms with Crippen molar-refractivity contribution < 1.29 is 9.53 Å². The number of ether oxygens (including phenoxy) is 1. The predicted molar refractivity (Wildman–Crippen MR) is 75.2 cm³/mol. The third-order valence-electron chi connectivity index (χ3n) is 2.79. The highest BCUT2D eigenvalue weighted by atomic mass is 16.5. The molecule has 0 aliphatic heterocycles. The predicted octanol–water partition coefficient (Wildman–Crippen LogP) is 4.21. The van der Waals surface area contributed by atoms with Crippen molar-refractivity contribution in [2.45, 2.75) is 46.1 Å². The summed E-state index contributed by atoms with van der Waals surface area (Å²) in [5.41, 5.74) is 2.26. The number of hydrogen-bond acceptors (Lipinski definition) is 2. The summed E-state index contributed by atoms with van der Waals surface area (Å²) in [4.78, 5) is 11.2. The third-order valence-corrected chi connectivity index (χ3v) is 2.79. The van der Waals surface area contributed by atoms with Gasteiger partial charge in [-0.25, -0.2) is 0 Å². The summed E-state index contributed by atoms with van der Waals surface area (Å²) in [6.07, 6.45) is 4.93. The topological polar surface area (TPSA) is 26.3 Å². The Bertz CT molecular complexity index is 393. The Labute approximate surface area is 110 Å². The molecule has 1 aromatic rings. The lowest BCUT2D eigenvalue weighted by atomic mass is 9.97. The number of unbranched alkanes of at least 4 members (excludes halogenated alkanes) is 1. The number of allylic oxidation sites excluding steroid dienone is 1. The number of benzene rings is 1. The smallest absolute Gasteiger partial charge is 0.303 e. The van der Waals surface area contributed by atoms with Crippen molar-refractivity contribution in [3.8, 4) is 0 Å². The molecule has 2 heteroatoms. The Morgan fingerprint density at radius 2 is 1.94 bits per heavy atom. The quantitative estimate of drug-likeness (QED) is 0.703. The van der Waals surface area contributed by atoms with E-state index in [0.29, 0.717) is 0 Å². The van der Waals surface area contributed by atoms with Crippen LogP contribution in [0.25, 0.3) is 5.57 Å². The Balaban J connectivity index is 3.00. The van der Waals surface area contributed by atoms with Gasteiger partial charge in [-0.05, 0) is 24.0 Å². The molecule has 0 radical (unpaired) electrons. The highest BCUT2D eigenvalue weighted by Gasteiger charge is 2.16. The molecule has 0 saturated carbocycles. The number of carbonyl (C=O) groups excluding carboxylic acids is 1. The van der Waals surface area contributed by atoms with Crippen molar-refractivity contribution in [3.05, 3.63) is 42.0 Å². The molecule has 0 N–H and O–H groups in total. The van der Waals surface area contributed by atoms with Gasteiger partial charge in [-0.15, -0.1) is 0 Å². The van der Waals surface area contributed by atoms with Crippen molar-refractivity contribution in [3.63, 3.8) is 0 Å². The van der Waals surface area contributed by atoms with Crippen LogP contribution in [-0.2, 0) is 9.53 Å². The van der Waals surface area contributed by atoms with Crippen LogP contribution >= 0.6 is 0 Å². The molecular weight excluding hydrogens is 224 g/mol. The summed E-state index contributed by atoms with van der Waals surface area (Å²) in [5, 5.41) is 0. The number of rotatable bonds is 6. The second-order valence-corrected chi connectivity index (χ2v) is 4.32. The molecule has 18 heavy (non-hydrogen) atoms. The SMILES string of the molecule is CCC/C=C(\c1ccccc1)C(CC)OC(C)=O. The maximum Gasteiger partial charge on any atom is 0.303 e. The van der Waals surface area contributed by atoms with E-state index in [1.54, 1.807) is 0 Å². The summed E-state index contributed by atoms with van der Waals surface area (Å²) in [5.74, 6) is -0.222. The minimum Gasteiger partial charge on any atom is -0.458 e. The molecule has 0 aliphatic rings. The number of carbonyl (C=O) groups is 1. The molecule has 0 heterocycles. The van der Waals surface area contributed by atoms with Crippen molar-refractivity contribution in [2.75, 3.05) is 0 Å². The molecule has 0 amide bonds. The zero-order valence-corrected chi connectivity index (χ0v) is 11.5. The van der Waals surface area contributed by atoms with Crippen LogP contribution in [0.1, 0.15) is 45.6 Å². The Morgan fingerprint density at radius 3 is 2.44 bits per heavy atom. The van der Waals surface area contributed by atoms with Crippen LogP contribution in [0.3, 0.4) is 0 Å². The van der Waals surface area contributed by atoms with Crippen molar-refractivity contribution >= 4 is 11.5 Å². The van der Waals surface area contributed by atoms with Gasteiger partial charge in [0.1, 0.15) is 6.10 Å². The second kappa shape index (κ2) is 7.70. The molecule has 1 atom stereocenters. The molecule has 0 aromatic heterocycles. The molecule has 98 valence electrons. The summed E-state index contributed by atoms with van der Waals surface area (Å²) < 4.78 is 5.41. The summed E-state index contributed by atoms with van der Waals surface area (Å²) in [7, 11) is 0. The van der Waals surface area contributed by atoms with Gasteiger partial charge in [0, 0.05) is 6.92 Å². The van der Waals surface area contributed by atoms with Gasteiger partial charge in [0.25, 0.3) is 0 Å². The van der Waals surface area contributed by atoms with Gasteiger partial charge in [0.05, 0.1) is 0 Å². The van der Waals surface area contributed by atoms with Gasteiger partial charge >= 0.3 is 5.97 Å². The zero-order valence-electron chi connectivity index (χ0n) is 11.5. The van der Waals surface area contributed by atoms with Gasteiger partial charge in [0.15, 0.2) is 0 Å². The third kappa shape index (κ3) is 4.36. The monoisotopic (exact) mass is 246 g/mol. The average molecular weight is 246 g/mol. The first-order valence-electron chi connectivity index (χ1n) is 6.61. The van der Waals surface area contributed by atoms with Crippen LogP contribution in [-0.4, -0.2) is 12.1 Å². The first-order valence-corrected chi connectivity index (χ1v) is 6.61. The Kier molecular flexibility index (Phi) is 6.20. The first-order chi connectivity index (χ1) is 8.69. The van der Waals surface area contributed by atoms with Crippen molar-refractivity contribution in [2.24, 2.45) is 0 Å². The summed E-state index contributed by atoms with van der Waals surface area (Å²) >= 11 is 0. The van der Waals surface area contributed by atoms with E-state index in [1.165, 1.54) is 6.92 Å². The second-order valence-electron chi connectivity index (χ2n) is 4.32. The molecule has 1 unspecified atom stereocenters. The van der Waals surface area contributed by atoms with Crippen LogP contribution in [0.15, 0.2) is 36.4 Å². The molecular formula is C16H22O2. The minimum absolute atomic E-state index is 0.142. The Morgan fingerprint density at radius 1 is 1.28 bits per heavy atom. The molecule has 2 nitrogen and oxygen atoms in total. The lowest BCUT2D eigenvalue weighted by Gasteiger charge is -2.19. The van der Waals surface area contributed by atoms with Crippen LogP contribution in [0.4, 0.5) is 0 Å². The molecule has 0 aliphatic carbocycles. The van der Waals surface area contributed by atoms with Crippen LogP contribution in [0, 0.1) is 0 Å². The molecule has 1 aromatic carbocycles. The molecule has 0 bridgehead atoms. The van der Waals surface area contributed by atoms with Gasteiger partial charge in [-0.2, -0.15) is 0 Å². The molecule has 0 saturated heterocycles. The number of esters is 1. The van der Waals surface area contributed by atoms with Gasteiger partial charge in [0.2, 0.25) is 0 Å². The van der Waals surface area contributed by atoms with Gasteiger partial charge in [-0.1, -0.05) is 56.7 Å². The highest BCUT2D eigenvalue weighted by Crippen LogP contribution is 2.24. The largest absolute Gasteiger partial charge is 0.458 e. The maximum absolute atomic E-state index is 11.2. The normalized spacial score (nSPS) is 13.2. The van der Waals surface area contributed by atoms with Crippen LogP contribution < -0.4 is 0 Å². The van der Waals surface area contributed by atoms with E-state index in [1.807, 2.05) is 25.1 Å². The highest BCUT2D eigenvalue weighted by molar-refractivity contribution is 5.73. The fourth-order valence-corrected chi connectivity index (χ4v) is 1.93. The van der Waals surface area contributed by atoms with Crippen LogP contribution in [0.5, 0.6) is 0 Å². The van der Waals surface area contributed by atoms with E-state index >= 15 is 0 Å². The van der Waals surface area contributed by atoms with Gasteiger partial charge in [-0.3, -0.25) is 4.79 Å². The van der Waals surface area contributed by atoms with E-state index < -0.39 is 0 Å². The average Bonchev–Trinajstić information content (AvgIpc) is 2.38. The molecule has 0 fully saturated rings. The lowest BCUT2D eigenvalue weighted by Crippen LogP contribution is -2.17. The minimum atomic E-state index is -0.222. The standard InChI is InChI=1S/C16H22O2/c1-4-6-12-15(14-10-8-7-9-11-14)16(5-2)18-13(3)17/h7-12,16H,4-6H2,1-3H3/b15-12+. The maximum atomic E-state index is 11.2. The van der Waals surface area contributed by atoms with E-state index in [9.17, 15) is 4.79 Å². The van der Waals surface area contributed by atoms with Crippen molar-refractivity contribution in [1.29, 1.82) is 0 Å². The molecule has 0 spiro atoms. The van der Waals surface area contributed by atoms with Crippen LogP contribution in [0.2, 0.25) is 0 Å². The fraction of sp³-hybridized carbons (Fsp3) is 0.438. The molecule has 1 rings (SSSR count). The Hall–Kier alpha value is -1.57. The van der Waals surface area contributed by atoms with Gasteiger partial charge < -0.3 is 4.74 Å². The van der Waals surface area contributed by atoms with E-state index in [-0.39, 0.29) is 12.1 Å². The number of hydrogen-bond donors (Lipinski definition) is 0. The fourth-order valence-electron chi connectivity index (χ4n) is 1.93. The van der Waals surface area contributed by atoms with Crippen molar-refractivity contribution in [1.82, 2.24) is 0 Å². The van der Waals surface area contributed by atoms with E-state index in [4.69, 9.17) is 4.74 Å². The van der Waals surface area contributed by atoms with E-state index in [0.717, 1.165) is 30.4 Å².